The zero-order chi connectivity index (χ0) is 16.8. The number of benzene rings is 1. The van der Waals surface area contributed by atoms with Crippen LogP contribution < -0.4 is 4.74 Å². The Hall–Kier alpha value is -1.75. The molecule has 0 bridgehead atoms. The molecule has 0 aromatic heterocycles. The zero-order valence-corrected chi connectivity index (χ0v) is 14.2. The molecule has 1 aromatic carbocycles. The molecule has 1 aromatic rings. The van der Waals surface area contributed by atoms with Gasteiger partial charge in [-0.15, -0.1) is 0 Å². The normalized spacial score (nSPS) is 16.7. The molecular weight excluding hydrogens is 318 g/mol. The van der Waals surface area contributed by atoms with E-state index in [1.54, 1.807) is 29.2 Å². The van der Waals surface area contributed by atoms with Crippen LogP contribution in [0.5, 0.6) is 5.75 Å². The molecule has 1 atom stereocenters. The van der Waals surface area contributed by atoms with E-state index >= 15 is 0 Å². The van der Waals surface area contributed by atoms with Crippen molar-refractivity contribution in [3.63, 3.8) is 0 Å². The lowest BCUT2D eigenvalue weighted by Crippen LogP contribution is -2.46. The van der Waals surface area contributed by atoms with Gasteiger partial charge in [-0.3, -0.25) is 9.59 Å². The number of carbonyl (C=O) groups is 2. The lowest BCUT2D eigenvalue weighted by molar-refractivity contribution is -0.150. The minimum atomic E-state index is -0.539. The monoisotopic (exact) mass is 339 g/mol. The lowest BCUT2D eigenvalue weighted by Gasteiger charge is -2.33. The van der Waals surface area contributed by atoms with Crippen LogP contribution in [-0.4, -0.2) is 43.1 Å². The Kier molecular flexibility index (Phi) is 6.28. The Balaban J connectivity index is 1.94. The average molecular weight is 340 g/mol. The van der Waals surface area contributed by atoms with E-state index in [4.69, 9.17) is 21.1 Å². The van der Waals surface area contributed by atoms with Gasteiger partial charge in [0.25, 0.3) is 5.91 Å². The SMILES string of the molecule is CC[C@@H](Oc1cccc(Cl)c1)C(=O)N1CCC(C(=O)OC)CC1. The van der Waals surface area contributed by atoms with Crippen molar-refractivity contribution >= 4 is 23.5 Å². The number of hydrogen-bond donors (Lipinski definition) is 0. The third kappa shape index (κ3) is 4.61. The van der Waals surface area contributed by atoms with Gasteiger partial charge < -0.3 is 14.4 Å². The van der Waals surface area contributed by atoms with E-state index in [0.29, 0.717) is 43.1 Å². The fourth-order valence-electron chi connectivity index (χ4n) is 2.72. The first-order chi connectivity index (χ1) is 11.0. The van der Waals surface area contributed by atoms with Crippen LogP contribution in [-0.2, 0) is 14.3 Å². The van der Waals surface area contributed by atoms with E-state index in [1.807, 2.05) is 6.92 Å². The molecule has 1 saturated heterocycles. The minimum Gasteiger partial charge on any atom is -0.481 e. The number of halogens is 1. The molecule has 6 heteroatoms. The molecule has 126 valence electrons. The van der Waals surface area contributed by atoms with Gasteiger partial charge in [0.1, 0.15) is 5.75 Å². The Morgan fingerprint density at radius 1 is 1.35 bits per heavy atom. The summed E-state index contributed by atoms with van der Waals surface area (Å²) in [4.78, 5) is 25.9. The summed E-state index contributed by atoms with van der Waals surface area (Å²) in [5.41, 5.74) is 0. The molecule has 23 heavy (non-hydrogen) atoms. The molecular formula is C17H22ClNO4. The Bertz CT molecular complexity index is 555. The van der Waals surface area contributed by atoms with Crippen LogP contribution >= 0.6 is 11.6 Å². The first-order valence-corrected chi connectivity index (χ1v) is 8.21. The highest BCUT2D eigenvalue weighted by molar-refractivity contribution is 6.30. The Morgan fingerprint density at radius 2 is 2.04 bits per heavy atom. The van der Waals surface area contributed by atoms with Crippen molar-refractivity contribution < 1.29 is 19.1 Å². The summed E-state index contributed by atoms with van der Waals surface area (Å²) in [7, 11) is 1.39. The van der Waals surface area contributed by atoms with Gasteiger partial charge in [-0.2, -0.15) is 0 Å². The summed E-state index contributed by atoms with van der Waals surface area (Å²) < 4.78 is 10.6. The molecule has 1 heterocycles. The van der Waals surface area contributed by atoms with Crippen molar-refractivity contribution in [2.75, 3.05) is 20.2 Å². The predicted octanol–water partition coefficient (Wildman–Crippen LogP) is 2.91. The van der Waals surface area contributed by atoms with Crippen molar-refractivity contribution in [1.29, 1.82) is 0 Å². The highest BCUT2D eigenvalue weighted by Crippen LogP contribution is 2.22. The third-order valence-electron chi connectivity index (χ3n) is 4.06. The molecule has 0 N–H and O–H groups in total. The lowest BCUT2D eigenvalue weighted by atomic mass is 9.96. The number of piperidine rings is 1. The molecule has 0 unspecified atom stereocenters. The standard InChI is InChI=1S/C17H22ClNO4/c1-3-15(23-14-6-4-5-13(18)11-14)16(20)19-9-7-12(8-10-19)17(21)22-2/h4-6,11-12,15H,3,7-10H2,1-2H3/t15-/m1/s1. The molecule has 1 amide bonds. The van der Waals surface area contributed by atoms with Gasteiger partial charge in [0, 0.05) is 18.1 Å². The Morgan fingerprint density at radius 3 is 2.61 bits per heavy atom. The van der Waals surface area contributed by atoms with Gasteiger partial charge in [-0.25, -0.2) is 0 Å². The number of rotatable bonds is 5. The minimum absolute atomic E-state index is 0.0456. The number of carbonyl (C=O) groups excluding carboxylic acids is 2. The van der Waals surface area contributed by atoms with Gasteiger partial charge >= 0.3 is 5.97 Å². The molecule has 0 spiro atoms. The van der Waals surface area contributed by atoms with Crippen LogP contribution in [0.3, 0.4) is 0 Å². The van der Waals surface area contributed by atoms with Gasteiger partial charge in [-0.05, 0) is 37.5 Å². The van der Waals surface area contributed by atoms with E-state index in [0.717, 1.165) is 0 Å². The maximum atomic E-state index is 12.6. The van der Waals surface area contributed by atoms with Crippen LogP contribution in [0.1, 0.15) is 26.2 Å². The average Bonchev–Trinajstić information content (AvgIpc) is 2.58. The first kappa shape index (κ1) is 17.6. The van der Waals surface area contributed by atoms with Crippen LogP contribution in [0.25, 0.3) is 0 Å². The molecule has 0 saturated carbocycles. The summed E-state index contributed by atoms with van der Waals surface area (Å²) in [6.45, 7) is 3.01. The molecule has 0 aliphatic carbocycles. The maximum absolute atomic E-state index is 12.6. The molecule has 1 fully saturated rings. The van der Waals surface area contributed by atoms with Crippen molar-refractivity contribution in [2.45, 2.75) is 32.3 Å². The molecule has 0 radical (unpaired) electrons. The fourth-order valence-corrected chi connectivity index (χ4v) is 2.90. The van der Waals surface area contributed by atoms with E-state index in [1.165, 1.54) is 7.11 Å². The summed E-state index contributed by atoms with van der Waals surface area (Å²) in [6, 6.07) is 7.03. The van der Waals surface area contributed by atoms with Crippen LogP contribution in [0, 0.1) is 5.92 Å². The van der Waals surface area contributed by atoms with Crippen molar-refractivity contribution in [1.82, 2.24) is 4.90 Å². The molecule has 1 aliphatic heterocycles. The van der Waals surface area contributed by atoms with Gasteiger partial charge in [-0.1, -0.05) is 24.6 Å². The van der Waals surface area contributed by atoms with E-state index < -0.39 is 6.10 Å². The van der Waals surface area contributed by atoms with Crippen LogP contribution in [0.15, 0.2) is 24.3 Å². The molecule has 5 nitrogen and oxygen atoms in total. The highest BCUT2D eigenvalue weighted by Gasteiger charge is 2.31. The second-order valence-electron chi connectivity index (χ2n) is 5.59. The topological polar surface area (TPSA) is 55.8 Å². The smallest absolute Gasteiger partial charge is 0.308 e. The highest BCUT2D eigenvalue weighted by atomic mass is 35.5. The Labute approximate surface area is 141 Å². The summed E-state index contributed by atoms with van der Waals surface area (Å²) in [5, 5.41) is 0.573. The predicted molar refractivity (Wildman–Crippen MR) is 87.5 cm³/mol. The summed E-state index contributed by atoms with van der Waals surface area (Å²) >= 11 is 5.94. The second kappa shape index (κ2) is 8.20. The third-order valence-corrected chi connectivity index (χ3v) is 4.30. The number of ether oxygens (including phenoxy) is 2. The molecule has 2 rings (SSSR count). The number of methoxy groups -OCH3 is 1. The maximum Gasteiger partial charge on any atom is 0.308 e. The number of nitrogens with zero attached hydrogens (tertiary/aromatic N) is 1. The van der Waals surface area contributed by atoms with E-state index in [-0.39, 0.29) is 17.8 Å². The fraction of sp³-hybridized carbons (Fsp3) is 0.529. The van der Waals surface area contributed by atoms with Crippen LogP contribution in [0.2, 0.25) is 5.02 Å². The molecule has 1 aliphatic rings. The zero-order valence-electron chi connectivity index (χ0n) is 13.5. The van der Waals surface area contributed by atoms with Gasteiger partial charge in [0.15, 0.2) is 6.10 Å². The van der Waals surface area contributed by atoms with Crippen LogP contribution in [0.4, 0.5) is 0 Å². The number of amides is 1. The van der Waals surface area contributed by atoms with Gasteiger partial charge in [0.2, 0.25) is 0 Å². The number of hydrogen-bond acceptors (Lipinski definition) is 4. The van der Waals surface area contributed by atoms with Crippen molar-refractivity contribution in [3.8, 4) is 5.75 Å². The van der Waals surface area contributed by atoms with Gasteiger partial charge in [0.05, 0.1) is 13.0 Å². The summed E-state index contributed by atoms with van der Waals surface area (Å²) in [5.74, 6) is 0.232. The second-order valence-corrected chi connectivity index (χ2v) is 6.03. The summed E-state index contributed by atoms with van der Waals surface area (Å²) in [6.07, 6.45) is 1.29. The quantitative estimate of drug-likeness (QED) is 0.774. The number of esters is 1. The first-order valence-electron chi connectivity index (χ1n) is 7.84. The van der Waals surface area contributed by atoms with E-state index in [2.05, 4.69) is 0 Å². The van der Waals surface area contributed by atoms with Crippen molar-refractivity contribution in [3.05, 3.63) is 29.3 Å². The number of likely N-dealkylation sites (tertiary alicyclic amines) is 1. The van der Waals surface area contributed by atoms with Crippen molar-refractivity contribution in [2.24, 2.45) is 5.92 Å². The largest absolute Gasteiger partial charge is 0.481 e. The van der Waals surface area contributed by atoms with E-state index in [9.17, 15) is 9.59 Å².